The molecule has 0 unspecified atom stereocenters. The van der Waals surface area contributed by atoms with Crippen LogP contribution in [0, 0.1) is 0 Å². The van der Waals surface area contributed by atoms with Gasteiger partial charge in [0.1, 0.15) is 5.75 Å². The van der Waals surface area contributed by atoms with Crippen LogP contribution >= 0.6 is 0 Å². The summed E-state index contributed by atoms with van der Waals surface area (Å²) in [5.41, 5.74) is 0.259. The van der Waals surface area contributed by atoms with Crippen LogP contribution in [0.3, 0.4) is 0 Å². The molecule has 0 aromatic heterocycles. The molecule has 3 aromatic carbocycles. The summed E-state index contributed by atoms with van der Waals surface area (Å²) < 4.78 is 44.7. The number of hydrogen-bond donors (Lipinski definition) is 1. The molecule has 0 aliphatic rings. The number of amides is 3. The smallest absolute Gasteiger partial charge is 0.416 e. The fourth-order valence-electron chi connectivity index (χ4n) is 3.08. The molecule has 0 saturated carbocycles. The summed E-state index contributed by atoms with van der Waals surface area (Å²) >= 11 is 0. The summed E-state index contributed by atoms with van der Waals surface area (Å²) in [6.07, 6.45) is -4.13. The van der Waals surface area contributed by atoms with E-state index in [9.17, 15) is 22.8 Å². The lowest BCUT2D eigenvalue weighted by Gasteiger charge is -2.24. The number of urea groups is 1. The predicted molar refractivity (Wildman–Crippen MR) is 127 cm³/mol. The molecule has 10 heteroatoms. The van der Waals surface area contributed by atoms with Gasteiger partial charge < -0.3 is 4.74 Å². The molecule has 0 spiro atoms. The maximum Gasteiger partial charge on any atom is 0.416 e. The van der Waals surface area contributed by atoms with E-state index in [-0.39, 0.29) is 18.2 Å². The van der Waals surface area contributed by atoms with Crippen molar-refractivity contribution in [3.8, 4) is 5.75 Å². The molecule has 35 heavy (non-hydrogen) atoms. The predicted octanol–water partition coefficient (Wildman–Crippen LogP) is 5.21. The zero-order valence-corrected chi connectivity index (χ0v) is 19.0. The average Bonchev–Trinajstić information content (AvgIpc) is 2.87. The highest BCUT2D eigenvalue weighted by Crippen LogP contribution is 2.31. The number of para-hydroxylation sites is 1. The second kappa shape index (κ2) is 11.2. The van der Waals surface area contributed by atoms with Gasteiger partial charge in [0.25, 0.3) is 0 Å². The van der Waals surface area contributed by atoms with Gasteiger partial charge in [-0.05, 0) is 48.0 Å². The average molecular weight is 484 g/mol. The van der Waals surface area contributed by atoms with Crippen molar-refractivity contribution < 1.29 is 27.5 Å². The molecule has 1 N–H and O–H groups in total. The summed E-state index contributed by atoms with van der Waals surface area (Å²) in [6.45, 7) is 0.000616. The Morgan fingerprint density at radius 3 is 2.31 bits per heavy atom. The summed E-state index contributed by atoms with van der Waals surface area (Å²) in [4.78, 5) is 31.5. The topological polar surface area (TPSA) is 74.2 Å². The first kappa shape index (κ1) is 25.3. The van der Waals surface area contributed by atoms with Crippen LogP contribution < -0.4 is 15.0 Å². The molecule has 0 atom stereocenters. The van der Waals surface area contributed by atoms with Crippen LogP contribution in [-0.4, -0.2) is 37.5 Å². The van der Waals surface area contributed by atoms with Crippen molar-refractivity contribution in [2.24, 2.45) is 4.99 Å². The van der Waals surface area contributed by atoms with Gasteiger partial charge in [-0.1, -0.05) is 36.4 Å². The highest BCUT2D eigenvalue weighted by molar-refractivity contribution is 6.06. The molecular weight excluding hydrogens is 461 g/mol. The third kappa shape index (κ3) is 6.83. The summed E-state index contributed by atoms with van der Waals surface area (Å²) in [7, 11) is 3.03. The molecule has 0 heterocycles. The number of hydrogen-bond acceptors (Lipinski definition) is 4. The molecule has 0 radical (unpaired) electrons. The van der Waals surface area contributed by atoms with E-state index >= 15 is 0 Å². The number of carbonyl (C=O) groups excluding carboxylic acids is 2. The maximum atomic E-state index is 13.2. The number of guanidine groups is 1. The van der Waals surface area contributed by atoms with Crippen molar-refractivity contribution in [1.29, 1.82) is 0 Å². The number of alkyl halides is 3. The van der Waals surface area contributed by atoms with Crippen molar-refractivity contribution in [3.05, 3.63) is 90.0 Å². The molecule has 0 fully saturated rings. The Morgan fingerprint density at radius 1 is 1.03 bits per heavy atom. The van der Waals surface area contributed by atoms with E-state index in [0.717, 1.165) is 17.0 Å². The van der Waals surface area contributed by atoms with Crippen molar-refractivity contribution in [1.82, 2.24) is 10.2 Å². The Morgan fingerprint density at radius 2 is 1.71 bits per heavy atom. The third-order valence-electron chi connectivity index (χ3n) is 4.99. The number of ether oxygens (including phenoxy) is 1. The Labute approximate surface area is 200 Å². The van der Waals surface area contributed by atoms with Crippen molar-refractivity contribution >= 4 is 29.8 Å². The number of nitrogens with zero attached hydrogens (tertiary/aromatic N) is 3. The van der Waals surface area contributed by atoms with E-state index in [1.165, 1.54) is 31.2 Å². The van der Waals surface area contributed by atoms with Gasteiger partial charge in [0, 0.05) is 12.7 Å². The first-order valence-electron chi connectivity index (χ1n) is 10.4. The molecule has 0 saturated heterocycles. The van der Waals surface area contributed by atoms with Gasteiger partial charge in [0.15, 0.2) is 0 Å². The first-order chi connectivity index (χ1) is 16.7. The van der Waals surface area contributed by atoms with E-state index in [1.54, 1.807) is 54.6 Å². The van der Waals surface area contributed by atoms with Crippen molar-refractivity contribution in [2.45, 2.75) is 12.7 Å². The van der Waals surface area contributed by atoms with Gasteiger partial charge in [-0.25, -0.2) is 9.79 Å². The van der Waals surface area contributed by atoms with Gasteiger partial charge in [-0.2, -0.15) is 13.2 Å². The SMILES string of the molecule is COc1ccc(CN(C=O)C(=Nc2cccc(C(F)(F)F)c2)NC(=O)N(C)c2ccccc2)cc1. The number of benzene rings is 3. The zero-order valence-electron chi connectivity index (χ0n) is 19.0. The Bertz CT molecular complexity index is 1180. The fourth-order valence-corrected chi connectivity index (χ4v) is 3.08. The van der Waals surface area contributed by atoms with E-state index in [0.29, 0.717) is 23.4 Å². The number of halogens is 3. The largest absolute Gasteiger partial charge is 0.497 e. The van der Waals surface area contributed by atoms with Crippen LogP contribution in [0.5, 0.6) is 5.75 Å². The quantitative estimate of drug-likeness (QED) is 0.297. The summed E-state index contributed by atoms with van der Waals surface area (Å²) in [5, 5.41) is 2.54. The van der Waals surface area contributed by atoms with E-state index in [4.69, 9.17) is 4.74 Å². The molecular formula is C25H23F3N4O3. The Kier molecular flexibility index (Phi) is 8.08. The number of aliphatic imine (C=N–C) groups is 1. The van der Waals surface area contributed by atoms with Gasteiger partial charge in [-0.15, -0.1) is 0 Å². The van der Waals surface area contributed by atoms with Crippen LogP contribution in [0.25, 0.3) is 0 Å². The van der Waals surface area contributed by atoms with E-state index < -0.39 is 17.8 Å². The monoisotopic (exact) mass is 484 g/mol. The third-order valence-corrected chi connectivity index (χ3v) is 4.99. The van der Waals surface area contributed by atoms with Crippen molar-refractivity contribution in [2.75, 3.05) is 19.1 Å². The van der Waals surface area contributed by atoms with E-state index in [2.05, 4.69) is 10.3 Å². The molecule has 3 amide bonds. The van der Waals surface area contributed by atoms with Crippen molar-refractivity contribution in [3.63, 3.8) is 0 Å². The number of rotatable bonds is 6. The maximum absolute atomic E-state index is 13.2. The minimum absolute atomic E-state index is 0.000616. The molecule has 0 bridgehead atoms. The first-order valence-corrected chi connectivity index (χ1v) is 10.4. The van der Waals surface area contributed by atoms with Crippen LogP contribution in [0.2, 0.25) is 0 Å². The Balaban J connectivity index is 1.95. The zero-order chi connectivity index (χ0) is 25.4. The lowest BCUT2D eigenvalue weighted by Crippen LogP contribution is -2.48. The van der Waals surface area contributed by atoms with Gasteiger partial charge in [0.05, 0.1) is 24.9 Å². The molecule has 7 nitrogen and oxygen atoms in total. The van der Waals surface area contributed by atoms with Gasteiger partial charge in [-0.3, -0.25) is 19.9 Å². The number of nitrogens with one attached hydrogen (secondary N) is 1. The number of anilines is 1. The Hall–Kier alpha value is -4.34. The number of carbonyl (C=O) groups is 2. The number of methoxy groups -OCH3 is 1. The second-order valence-corrected chi connectivity index (χ2v) is 7.39. The molecule has 3 aromatic rings. The van der Waals surface area contributed by atoms with E-state index in [1.807, 2.05) is 0 Å². The summed E-state index contributed by atoms with van der Waals surface area (Å²) in [6, 6.07) is 19.2. The second-order valence-electron chi connectivity index (χ2n) is 7.39. The lowest BCUT2D eigenvalue weighted by atomic mass is 10.2. The van der Waals surface area contributed by atoms with Gasteiger partial charge in [0.2, 0.25) is 12.4 Å². The molecule has 182 valence electrons. The minimum Gasteiger partial charge on any atom is -0.497 e. The highest BCUT2D eigenvalue weighted by Gasteiger charge is 2.30. The normalized spacial score (nSPS) is 11.5. The van der Waals surface area contributed by atoms with Crippen LogP contribution in [0.15, 0.2) is 83.9 Å². The standard InChI is InChI=1S/C25H23F3N4O3/c1-31(21-9-4-3-5-10-21)24(34)30-23(29-20-8-6-7-19(15-20)25(26,27)28)32(17-33)16-18-11-13-22(35-2)14-12-18/h3-15,17H,16H2,1-2H3,(H,29,30,34). The summed E-state index contributed by atoms with van der Waals surface area (Å²) in [5.74, 6) is 0.380. The van der Waals surface area contributed by atoms with Crippen LogP contribution in [0.1, 0.15) is 11.1 Å². The molecule has 3 rings (SSSR count). The van der Waals surface area contributed by atoms with Crippen LogP contribution in [0.4, 0.5) is 29.3 Å². The van der Waals surface area contributed by atoms with Gasteiger partial charge >= 0.3 is 12.2 Å². The molecule has 0 aliphatic carbocycles. The molecule has 0 aliphatic heterocycles. The highest BCUT2D eigenvalue weighted by atomic mass is 19.4. The van der Waals surface area contributed by atoms with Crippen LogP contribution in [-0.2, 0) is 17.5 Å². The minimum atomic E-state index is -4.57. The lowest BCUT2D eigenvalue weighted by molar-refractivity contribution is -0.137. The fraction of sp³-hybridized carbons (Fsp3) is 0.160.